The van der Waals surface area contributed by atoms with E-state index in [1.807, 2.05) is 18.2 Å². The Bertz CT molecular complexity index is 243. The Morgan fingerprint density at radius 3 is 2.43 bits per heavy atom. The third-order valence-corrected chi connectivity index (χ3v) is 2.64. The summed E-state index contributed by atoms with van der Waals surface area (Å²) >= 11 is 0. The van der Waals surface area contributed by atoms with Crippen LogP contribution in [0.2, 0.25) is 0 Å². The van der Waals surface area contributed by atoms with Crippen molar-refractivity contribution in [2.45, 2.75) is 39.2 Å². The molecule has 0 bridgehead atoms. The molecule has 0 aliphatic carbocycles. The van der Waals surface area contributed by atoms with E-state index in [1.165, 1.54) is 5.56 Å². The Balaban J connectivity index is 2.44. The molecule has 78 valence electrons. The maximum atomic E-state index is 9.78. The Labute approximate surface area is 86.8 Å². The van der Waals surface area contributed by atoms with Crippen molar-refractivity contribution in [3.8, 4) is 0 Å². The first-order valence-corrected chi connectivity index (χ1v) is 5.46. The molecule has 0 aromatic heterocycles. The molecule has 1 heteroatoms. The lowest BCUT2D eigenvalue weighted by Gasteiger charge is -2.18. The molecule has 1 aromatic rings. The second kappa shape index (κ2) is 5.82. The van der Waals surface area contributed by atoms with Gasteiger partial charge in [0, 0.05) is 0 Å². The van der Waals surface area contributed by atoms with Crippen molar-refractivity contribution in [3.63, 3.8) is 0 Å². The molecule has 0 aliphatic rings. The molecular formula is C13H20O. The van der Waals surface area contributed by atoms with Gasteiger partial charge in [0.15, 0.2) is 0 Å². The lowest BCUT2D eigenvalue weighted by atomic mass is 9.93. The summed E-state index contributed by atoms with van der Waals surface area (Å²) in [5, 5.41) is 9.78. The van der Waals surface area contributed by atoms with E-state index in [9.17, 15) is 5.11 Å². The first kappa shape index (κ1) is 11.3. The minimum atomic E-state index is -0.153. The van der Waals surface area contributed by atoms with E-state index in [0.717, 1.165) is 19.3 Å². The first-order chi connectivity index (χ1) is 6.74. The summed E-state index contributed by atoms with van der Waals surface area (Å²) in [4.78, 5) is 0. The zero-order chi connectivity index (χ0) is 10.4. The zero-order valence-corrected chi connectivity index (χ0v) is 9.11. The predicted molar refractivity (Wildman–Crippen MR) is 60.2 cm³/mol. The fourth-order valence-electron chi connectivity index (χ4n) is 1.70. The molecule has 1 N–H and O–H groups in total. The van der Waals surface area contributed by atoms with Gasteiger partial charge in [0.2, 0.25) is 0 Å². The molecular weight excluding hydrogens is 172 g/mol. The van der Waals surface area contributed by atoms with Crippen LogP contribution in [0, 0.1) is 5.92 Å². The number of hydrogen-bond acceptors (Lipinski definition) is 1. The smallest absolute Gasteiger partial charge is 0.0568 e. The number of benzene rings is 1. The normalized spacial score (nSPS) is 15.1. The predicted octanol–water partition coefficient (Wildman–Crippen LogP) is 3.03. The van der Waals surface area contributed by atoms with Crippen LogP contribution in [0.1, 0.15) is 32.3 Å². The van der Waals surface area contributed by atoms with Crippen LogP contribution in [0.15, 0.2) is 30.3 Å². The lowest BCUT2D eigenvalue weighted by Crippen LogP contribution is -2.19. The molecule has 0 heterocycles. The van der Waals surface area contributed by atoms with Crippen molar-refractivity contribution in [1.29, 1.82) is 0 Å². The monoisotopic (exact) mass is 192 g/mol. The van der Waals surface area contributed by atoms with Gasteiger partial charge in [0.05, 0.1) is 6.10 Å². The third-order valence-electron chi connectivity index (χ3n) is 2.64. The average molecular weight is 192 g/mol. The highest BCUT2D eigenvalue weighted by molar-refractivity contribution is 5.15. The molecule has 1 aromatic carbocycles. The summed E-state index contributed by atoms with van der Waals surface area (Å²) in [5.74, 6) is 0.359. The van der Waals surface area contributed by atoms with E-state index >= 15 is 0 Å². The number of aliphatic hydroxyl groups is 1. The molecule has 1 nitrogen and oxygen atoms in total. The fourth-order valence-corrected chi connectivity index (χ4v) is 1.70. The highest BCUT2D eigenvalue weighted by atomic mass is 16.3. The SMILES string of the molecule is CCC[C@H](O)[C@@H](C)Cc1ccccc1. The Kier molecular flexibility index (Phi) is 4.68. The Hall–Kier alpha value is -0.820. The summed E-state index contributed by atoms with van der Waals surface area (Å²) < 4.78 is 0. The van der Waals surface area contributed by atoms with E-state index in [-0.39, 0.29) is 6.10 Å². The van der Waals surface area contributed by atoms with Crippen molar-refractivity contribution in [1.82, 2.24) is 0 Å². The molecule has 0 amide bonds. The van der Waals surface area contributed by atoms with Gasteiger partial charge >= 0.3 is 0 Å². The lowest BCUT2D eigenvalue weighted by molar-refractivity contribution is 0.107. The van der Waals surface area contributed by atoms with E-state index < -0.39 is 0 Å². The zero-order valence-electron chi connectivity index (χ0n) is 9.11. The molecule has 2 atom stereocenters. The van der Waals surface area contributed by atoms with Crippen LogP contribution in [0.4, 0.5) is 0 Å². The van der Waals surface area contributed by atoms with Crippen LogP contribution >= 0.6 is 0 Å². The molecule has 14 heavy (non-hydrogen) atoms. The molecule has 1 rings (SSSR count). The fraction of sp³-hybridized carbons (Fsp3) is 0.538. The van der Waals surface area contributed by atoms with Gasteiger partial charge in [-0.05, 0) is 24.3 Å². The number of hydrogen-bond donors (Lipinski definition) is 1. The largest absolute Gasteiger partial charge is 0.393 e. The quantitative estimate of drug-likeness (QED) is 0.760. The molecule has 0 saturated heterocycles. The minimum Gasteiger partial charge on any atom is -0.393 e. The Morgan fingerprint density at radius 2 is 1.86 bits per heavy atom. The van der Waals surface area contributed by atoms with Gasteiger partial charge in [0.25, 0.3) is 0 Å². The second-order valence-electron chi connectivity index (χ2n) is 4.02. The van der Waals surface area contributed by atoms with Crippen molar-refractivity contribution >= 4 is 0 Å². The van der Waals surface area contributed by atoms with Gasteiger partial charge in [-0.1, -0.05) is 50.6 Å². The minimum absolute atomic E-state index is 0.153. The molecule has 0 saturated carbocycles. The van der Waals surface area contributed by atoms with Gasteiger partial charge in [-0.3, -0.25) is 0 Å². The van der Waals surface area contributed by atoms with Gasteiger partial charge in [-0.25, -0.2) is 0 Å². The van der Waals surface area contributed by atoms with E-state index in [0.29, 0.717) is 5.92 Å². The molecule has 0 unspecified atom stereocenters. The molecule has 0 spiro atoms. The van der Waals surface area contributed by atoms with E-state index in [1.54, 1.807) is 0 Å². The summed E-state index contributed by atoms with van der Waals surface area (Å²) in [6.07, 6.45) is 2.79. The van der Waals surface area contributed by atoms with Crippen LogP contribution < -0.4 is 0 Å². The van der Waals surface area contributed by atoms with Crippen LogP contribution in [0.25, 0.3) is 0 Å². The first-order valence-electron chi connectivity index (χ1n) is 5.46. The summed E-state index contributed by atoms with van der Waals surface area (Å²) in [7, 11) is 0. The van der Waals surface area contributed by atoms with Crippen molar-refractivity contribution in [2.24, 2.45) is 5.92 Å². The second-order valence-corrected chi connectivity index (χ2v) is 4.02. The van der Waals surface area contributed by atoms with Crippen LogP contribution in [-0.4, -0.2) is 11.2 Å². The van der Waals surface area contributed by atoms with Crippen molar-refractivity contribution in [2.75, 3.05) is 0 Å². The summed E-state index contributed by atoms with van der Waals surface area (Å²) in [5.41, 5.74) is 1.31. The van der Waals surface area contributed by atoms with Gasteiger partial charge in [0.1, 0.15) is 0 Å². The molecule has 0 fully saturated rings. The third kappa shape index (κ3) is 3.51. The summed E-state index contributed by atoms with van der Waals surface area (Å²) in [6.45, 7) is 4.23. The summed E-state index contributed by atoms with van der Waals surface area (Å²) in [6, 6.07) is 10.4. The average Bonchev–Trinajstić information content (AvgIpc) is 2.19. The standard InChI is InChI=1S/C13H20O/c1-3-7-13(14)11(2)10-12-8-5-4-6-9-12/h4-6,8-9,11,13-14H,3,7,10H2,1-2H3/t11-,13-/m0/s1. The maximum Gasteiger partial charge on any atom is 0.0568 e. The van der Waals surface area contributed by atoms with Crippen molar-refractivity contribution < 1.29 is 5.11 Å². The molecule has 0 aliphatic heterocycles. The van der Waals surface area contributed by atoms with Crippen LogP contribution in [0.5, 0.6) is 0 Å². The van der Waals surface area contributed by atoms with Gasteiger partial charge < -0.3 is 5.11 Å². The van der Waals surface area contributed by atoms with Gasteiger partial charge in [-0.15, -0.1) is 0 Å². The van der Waals surface area contributed by atoms with Crippen LogP contribution in [0.3, 0.4) is 0 Å². The number of rotatable bonds is 5. The van der Waals surface area contributed by atoms with E-state index in [4.69, 9.17) is 0 Å². The highest BCUT2D eigenvalue weighted by Gasteiger charge is 2.13. The number of aliphatic hydroxyl groups excluding tert-OH is 1. The van der Waals surface area contributed by atoms with E-state index in [2.05, 4.69) is 26.0 Å². The topological polar surface area (TPSA) is 20.2 Å². The van der Waals surface area contributed by atoms with Crippen LogP contribution in [-0.2, 0) is 6.42 Å². The van der Waals surface area contributed by atoms with Gasteiger partial charge in [-0.2, -0.15) is 0 Å². The highest BCUT2D eigenvalue weighted by Crippen LogP contribution is 2.15. The molecule has 0 radical (unpaired) electrons. The Morgan fingerprint density at radius 1 is 1.21 bits per heavy atom. The van der Waals surface area contributed by atoms with Crippen molar-refractivity contribution in [3.05, 3.63) is 35.9 Å². The maximum absolute atomic E-state index is 9.78.